The minimum Gasteiger partial charge on any atom is -0.399 e. The van der Waals surface area contributed by atoms with E-state index in [9.17, 15) is 12.8 Å². The Balaban J connectivity index is 2.27. The molecule has 1 heterocycles. The Morgan fingerprint density at radius 3 is 2.80 bits per heavy atom. The second kappa shape index (κ2) is 5.70. The molecule has 9 heteroatoms. The van der Waals surface area contributed by atoms with Crippen molar-refractivity contribution in [2.24, 2.45) is 0 Å². The van der Waals surface area contributed by atoms with E-state index in [-0.39, 0.29) is 17.3 Å². The van der Waals surface area contributed by atoms with Crippen molar-refractivity contribution in [3.63, 3.8) is 0 Å². The molecule has 0 fully saturated rings. The van der Waals surface area contributed by atoms with Crippen molar-refractivity contribution in [2.45, 2.75) is 11.4 Å². The van der Waals surface area contributed by atoms with Crippen LogP contribution in [0.15, 0.2) is 35.6 Å². The molecule has 3 N–H and O–H groups in total. The summed E-state index contributed by atoms with van der Waals surface area (Å²) in [6.07, 6.45) is 2.75. The zero-order valence-corrected chi connectivity index (χ0v) is 11.6. The van der Waals surface area contributed by atoms with Crippen molar-refractivity contribution in [1.82, 2.24) is 14.7 Å². The minimum atomic E-state index is -4.08. The van der Waals surface area contributed by atoms with Crippen molar-refractivity contribution in [1.29, 1.82) is 0 Å². The van der Waals surface area contributed by atoms with Gasteiger partial charge in [-0.15, -0.1) is 0 Å². The smallest absolute Gasteiger partial charge is 0.243 e. The summed E-state index contributed by atoms with van der Waals surface area (Å²) in [6.45, 7) is -0.100. The highest BCUT2D eigenvalue weighted by Gasteiger charge is 2.21. The molecule has 0 aliphatic heterocycles. The molecule has 0 bridgehead atoms. The van der Waals surface area contributed by atoms with Crippen LogP contribution in [0.3, 0.4) is 0 Å². The van der Waals surface area contributed by atoms with Crippen molar-refractivity contribution in [3.05, 3.63) is 47.3 Å². The maximum absolute atomic E-state index is 13.8. The number of nitrogens with zero attached hydrogens (tertiary/aromatic N) is 2. The van der Waals surface area contributed by atoms with Gasteiger partial charge in [0.05, 0.1) is 17.3 Å². The highest BCUT2D eigenvalue weighted by Crippen LogP contribution is 2.25. The van der Waals surface area contributed by atoms with Crippen LogP contribution in [0.5, 0.6) is 0 Å². The third-order valence-electron chi connectivity index (χ3n) is 2.39. The number of sulfonamides is 1. The van der Waals surface area contributed by atoms with Gasteiger partial charge in [-0.05, 0) is 18.2 Å². The van der Waals surface area contributed by atoms with Crippen LogP contribution in [0.1, 0.15) is 5.69 Å². The molecule has 0 aliphatic carbocycles. The van der Waals surface area contributed by atoms with Gasteiger partial charge < -0.3 is 5.73 Å². The van der Waals surface area contributed by atoms with Crippen LogP contribution in [-0.2, 0) is 16.6 Å². The fourth-order valence-corrected chi connectivity index (χ4v) is 2.86. The van der Waals surface area contributed by atoms with E-state index in [2.05, 4.69) is 14.7 Å². The van der Waals surface area contributed by atoms with Gasteiger partial charge in [0.2, 0.25) is 10.0 Å². The number of nitrogens with two attached hydrogens (primary N) is 1. The van der Waals surface area contributed by atoms with Gasteiger partial charge in [0, 0.05) is 11.9 Å². The summed E-state index contributed by atoms with van der Waals surface area (Å²) < 4.78 is 40.0. The molecule has 2 aromatic rings. The maximum atomic E-state index is 13.8. The number of hydrogen-bond donors (Lipinski definition) is 2. The molecular formula is C11H10ClFN4O2S. The van der Waals surface area contributed by atoms with E-state index in [1.165, 1.54) is 18.6 Å². The first-order chi connectivity index (χ1) is 9.40. The van der Waals surface area contributed by atoms with Gasteiger partial charge in [-0.1, -0.05) is 11.6 Å². The third kappa shape index (κ3) is 3.21. The number of halogens is 2. The summed E-state index contributed by atoms with van der Waals surface area (Å²) in [5.41, 5.74) is 5.97. The first kappa shape index (κ1) is 14.6. The Kier molecular flexibility index (Phi) is 4.17. The monoisotopic (exact) mass is 316 g/mol. The van der Waals surface area contributed by atoms with Crippen LogP contribution in [0, 0.1) is 5.82 Å². The summed E-state index contributed by atoms with van der Waals surface area (Å²) in [6, 6.07) is 3.68. The Morgan fingerprint density at radius 1 is 1.40 bits per heavy atom. The normalized spacial score (nSPS) is 11.5. The summed E-state index contributed by atoms with van der Waals surface area (Å²) in [7, 11) is -4.08. The molecule has 0 aliphatic rings. The Morgan fingerprint density at radius 2 is 2.15 bits per heavy atom. The van der Waals surface area contributed by atoms with Crippen LogP contribution >= 0.6 is 11.6 Å². The zero-order valence-electron chi connectivity index (χ0n) is 10.0. The molecule has 0 unspecified atom stereocenters. The van der Waals surface area contributed by atoms with Gasteiger partial charge in [0.25, 0.3) is 0 Å². The Bertz CT molecular complexity index is 725. The average molecular weight is 317 g/mol. The topological polar surface area (TPSA) is 98.0 Å². The molecule has 1 aromatic heterocycles. The summed E-state index contributed by atoms with van der Waals surface area (Å²) in [5.74, 6) is -1.05. The van der Waals surface area contributed by atoms with Gasteiger partial charge >= 0.3 is 0 Å². The molecule has 0 amide bonds. The number of nitrogen functional groups attached to an aromatic ring is 1. The van der Waals surface area contributed by atoms with E-state index in [1.807, 2.05) is 0 Å². The van der Waals surface area contributed by atoms with Gasteiger partial charge in [-0.2, -0.15) is 0 Å². The summed E-state index contributed by atoms with van der Waals surface area (Å²) in [5, 5.41) is -0.354. The fraction of sp³-hybridized carbons (Fsp3) is 0.0909. The van der Waals surface area contributed by atoms with Crippen LogP contribution < -0.4 is 10.5 Å². The molecule has 106 valence electrons. The number of anilines is 1. The molecule has 0 saturated carbocycles. The van der Waals surface area contributed by atoms with Gasteiger partial charge in [-0.3, -0.25) is 0 Å². The molecule has 20 heavy (non-hydrogen) atoms. The largest absolute Gasteiger partial charge is 0.399 e. The number of benzene rings is 1. The van der Waals surface area contributed by atoms with Crippen molar-refractivity contribution in [3.8, 4) is 0 Å². The highest BCUT2D eigenvalue weighted by atomic mass is 35.5. The molecule has 6 nitrogen and oxygen atoms in total. The van der Waals surface area contributed by atoms with Gasteiger partial charge in [-0.25, -0.2) is 27.5 Å². The van der Waals surface area contributed by atoms with Crippen molar-refractivity contribution >= 4 is 27.3 Å². The molecule has 0 spiro atoms. The number of hydrogen-bond acceptors (Lipinski definition) is 5. The lowest BCUT2D eigenvalue weighted by Gasteiger charge is -2.09. The van der Waals surface area contributed by atoms with Gasteiger partial charge in [0.1, 0.15) is 11.2 Å². The lowest BCUT2D eigenvalue weighted by atomic mass is 10.3. The minimum absolute atomic E-state index is 0.0545. The van der Waals surface area contributed by atoms with Crippen molar-refractivity contribution < 1.29 is 12.8 Å². The lowest BCUT2D eigenvalue weighted by molar-refractivity contribution is 0.556. The van der Waals surface area contributed by atoms with E-state index >= 15 is 0 Å². The second-order valence-corrected chi connectivity index (χ2v) is 5.98. The molecular weight excluding hydrogens is 307 g/mol. The molecule has 0 atom stereocenters. The molecule has 1 aromatic carbocycles. The second-order valence-electron chi connectivity index (χ2n) is 3.84. The lowest BCUT2D eigenvalue weighted by Crippen LogP contribution is -2.25. The predicted octanol–water partition coefficient (Wildman–Crippen LogP) is 1.33. The van der Waals surface area contributed by atoms with Crippen molar-refractivity contribution in [2.75, 3.05) is 5.73 Å². The average Bonchev–Trinajstić information content (AvgIpc) is 2.42. The van der Waals surface area contributed by atoms with E-state index in [0.29, 0.717) is 5.69 Å². The predicted molar refractivity (Wildman–Crippen MR) is 71.9 cm³/mol. The van der Waals surface area contributed by atoms with E-state index in [0.717, 1.165) is 12.1 Å². The standard InChI is InChI=1S/C11H10ClFN4O2S/c12-9-3-7(14)4-10(11(9)13)20(18,19)17-5-8-1-2-15-6-16-8/h1-4,6,17H,5,14H2. The van der Waals surface area contributed by atoms with E-state index in [1.54, 1.807) is 0 Å². The highest BCUT2D eigenvalue weighted by molar-refractivity contribution is 7.89. The van der Waals surface area contributed by atoms with Crippen LogP contribution in [-0.4, -0.2) is 18.4 Å². The quantitative estimate of drug-likeness (QED) is 0.829. The third-order valence-corrected chi connectivity index (χ3v) is 4.07. The molecule has 0 radical (unpaired) electrons. The fourth-order valence-electron chi connectivity index (χ4n) is 1.45. The number of rotatable bonds is 4. The van der Waals surface area contributed by atoms with Gasteiger partial charge in [0.15, 0.2) is 5.82 Å². The maximum Gasteiger partial charge on any atom is 0.243 e. The van der Waals surface area contributed by atoms with Crippen LogP contribution in [0.4, 0.5) is 10.1 Å². The van der Waals surface area contributed by atoms with Crippen LogP contribution in [0.2, 0.25) is 5.02 Å². The molecule has 0 saturated heterocycles. The Hall–Kier alpha value is -1.77. The first-order valence-corrected chi connectivity index (χ1v) is 7.25. The number of nitrogens with one attached hydrogen (secondary N) is 1. The van der Waals surface area contributed by atoms with Crippen LogP contribution in [0.25, 0.3) is 0 Å². The van der Waals surface area contributed by atoms with E-state index < -0.39 is 20.7 Å². The SMILES string of the molecule is Nc1cc(Cl)c(F)c(S(=O)(=O)NCc2ccncn2)c1. The Labute approximate surface area is 119 Å². The zero-order chi connectivity index (χ0) is 14.8. The first-order valence-electron chi connectivity index (χ1n) is 5.39. The number of aromatic nitrogens is 2. The van der Waals surface area contributed by atoms with E-state index in [4.69, 9.17) is 17.3 Å². The molecule has 2 rings (SSSR count). The summed E-state index contributed by atoms with van der Waals surface area (Å²) in [4.78, 5) is 6.95. The summed E-state index contributed by atoms with van der Waals surface area (Å²) >= 11 is 5.57.